The van der Waals surface area contributed by atoms with Crippen molar-refractivity contribution in [3.8, 4) is 0 Å². The predicted octanol–water partition coefficient (Wildman–Crippen LogP) is 2.55. The van der Waals surface area contributed by atoms with Crippen molar-refractivity contribution in [2.45, 2.75) is 40.0 Å². The van der Waals surface area contributed by atoms with E-state index in [4.69, 9.17) is 0 Å². The maximum absolute atomic E-state index is 4.49. The van der Waals surface area contributed by atoms with Gasteiger partial charge in [-0.2, -0.15) is 0 Å². The average Bonchev–Trinajstić information content (AvgIpc) is 2.24. The SMILES string of the molecule is C=CCNC(=NCCCCC(C)C)NCC. The van der Waals surface area contributed by atoms with Crippen molar-refractivity contribution in [2.24, 2.45) is 10.9 Å². The smallest absolute Gasteiger partial charge is 0.191 e. The molecule has 0 radical (unpaired) electrons. The maximum atomic E-state index is 4.49. The van der Waals surface area contributed by atoms with E-state index in [1.807, 2.05) is 6.08 Å². The zero-order chi connectivity index (χ0) is 12.2. The molecule has 0 saturated carbocycles. The molecule has 0 aromatic rings. The zero-order valence-electron chi connectivity index (χ0n) is 11.1. The lowest BCUT2D eigenvalue weighted by Gasteiger charge is -2.09. The average molecular weight is 225 g/mol. The number of hydrogen-bond acceptors (Lipinski definition) is 1. The second-order valence-corrected chi connectivity index (χ2v) is 4.32. The minimum absolute atomic E-state index is 0.762. The van der Waals surface area contributed by atoms with Crippen LogP contribution in [0.2, 0.25) is 0 Å². The summed E-state index contributed by atoms with van der Waals surface area (Å²) in [5.74, 6) is 1.70. The van der Waals surface area contributed by atoms with E-state index in [9.17, 15) is 0 Å². The van der Waals surface area contributed by atoms with E-state index in [0.29, 0.717) is 0 Å². The molecule has 94 valence electrons. The summed E-state index contributed by atoms with van der Waals surface area (Å²) < 4.78 is 0. The molecule has 0 bridgehead atoms. The second-order valence-electron chi connectivity index (χ2n) is 4.32. The fourth-order valence-electron chi connectivity index (χ4n) is 1.37. The fraction of sp³-hybridized carbons (Fsp3) is 0.769. The Morgan fingerprint density at radius 2 is 2.06 bits per heavy atom. The van der Waals surface area contributed by atoms with Crippen LogP contribution in [0.1, 0.15) is 40.0 Å². The molecule has 0 aromatic carbocycles. The number of guanidine groups is 1. The van der Waals surface area contributed by atoms with Crippen LogP contribution in [0, 0.1) is 5.92 Å². The number of unbranched alkanes of at least 4 members (excludes halogenated alkanes) is 1. The van der Waals surface area contributed by atoms with Gasteiger partial charge in [0, 0.05) is 19.6 Å². The van der Waals surface area contributed by atoms with Crippen LogP contribution in [-0.4, -0.2) is 25.6 Å². The molecular weight excluding hydrogens is 198 g/mol. The Bertz CT molecular complexity index is 197. The Kier molecular flexibility index (Phi) is 9.87. The van der Waals surface area contributed by atoms with Gasteiger partial charge in [0.2, 0.25) is 0 Å². The van der Waals surface area contributed by atoms with Crippen molar-refractivity contribution in [3.05, 3.63) is 12.7 Å². The first-order valence-electron chi connectivity index (χ1n) is 6.33. The normalized spacial score (nSPS) is 11.6. The standard InChI is InChI=1S/C13H27N3/c1-5-10-15-13(14-6-2)16-11-8-7-9-12(3)4/h5,12H,1,6-11H2,2-4H3,(H2,14,15,16). The van der Waals surface area contributed by atoms with Crippen molar-refractivity contribution in [2.75, 3.05) is 19.6 Å². The van der Waals surface area contributed by atoms with Crippen molar-refractivity contribution >= 4 is 5.96 Å². The molecule has 0 aromatic heterocycles. The molecule has 0 aliphatic carbocycles. The van der Waals surface area contributed by atoms with Crippen LogP contribution in [0.4, 0.5) is 0 Å². The molecule has 0 fully saturated rings. The van der Waals surface area contributed by atoms with E-state index in [1.54, 1.807) is 0 Å². The summed E-state index contributed by atoms with van der Waals surface area (Å²) in [5, 5.41) is 6.40. The van der Waals surface area contributed by atoms with Crippen molar-refractivity contribution < 1.29 is 0 Å². The monoisotopic (exact) mass is 225 g/mol. The lowest BCUT2D eigenvalue weighted by Crippen LogP contribution is -2.37. The summed E-state index contributed by atoms with van der Waals surface area (Å²) in [6, 6.07) is 0. The van der Waals surface area contributed by atoms with Gasteiger partial charge in [-0.15, -0.1) is 6.58 Å². The minimum Gasteiger partial charge on any atom is -0.357 e. The predicted molar refractivity (Wildman–Crippen MR) is 72.9 cm³/mol. The maximum Gasteiger partial charge on any atom is 0.191 e. The van der Waals surface area contributed by atoms with E-state index in [0.717, 1.165) is 31.5 Å². The summed E-state index contributed by atoms with van der Waals surface area (Å²) in [4.78, 5) is 4.49. The molecule has 3 nitrogen and oxygen atoms in total. The molecule has 0 aliphatic heterocycles. The third-order valence-electron chi connectivity index (χ3n) is 2.22. The number of nitrogens with zero attached hydrogens (tertiary/aromatic N) is 1. The third-order valence-corrected chi connectivity index (χ3v) is 2.22. The van der Waals surface area contributed by atoms with E-state index in [-0.39, 0.29) is 0 Å². The second kappa shape index (κ2) is 10.5. The van der Waals surface area contributed by atoms with E-state index >= 15 is 0 Å². The zero-order valence-corrected chi connectivity index (χ0v) is 11.1. The molecule has 0 saturated heterocycles. The molecule has 3 heteroatoms. The molecule has 2 N–H and O–H groups in total. The summed E-state index contributed by atoms with van der Waals surface area (Å²) in [6.07, 6.45) is 5.57. The summed E-state index contributed by atoms with van der Waals surface area (Å²) in [6.45, 7) is 12.8. The first-order chi connectivity index (χ1) is 7.70. The first kappa shape index (κ1) is 15.0. The number of rotatable bonds is 8. The molecule has 0 atom stereocenters. The van der Waals surface area contributed by atoms with Crippen LogP contribution >= 0.6 is 0 Å². The molecule has 0 unspecified atom stereocenters. The van der Waals surface area contributed by atoms with Gasteiger partial charge in [0.25, 0.3) is 0 Å². The largest absolute Gasteiger partial charge is 0.357 e. The molecule has 0 rings (SSSR count). The molecule has 0 amide bonds. The van der Waals surface area contributed by atoms with Crippen LogP contribution in [0.5, 0.6) is 0 Å². The Morgan fingerprint density at radius 1 is 1.31 bits per heavy atom. The highest BCUT2D eigenvalue weighted by Gasteiger charge is 1.95. The van der Waals surface area contributed by atoms with Crippen molar-refractivity contribution in [1.82, 2.24) is 10.6 Å². The number of nitrogens with one attached hydrogen (secondary N) is 2. The van der Waals surface area contributed by atoms with Gasteiger partial charge >= 0.3 is 0 Å². The minimum atomic E-state index is 0.762. The Balaban J connectivity index is 3.70. The lowest BCUT2D eigenvalue weighted by molar-refractivity contribution is 0.541. The molecule has 0 heterocycles. The van der Waals surface area contributed by atoms with E-state index in [1.165, 1.54) is 19.3 Å². The summed E-state index contributed by atoms with van der Waals surface area (Å²) >= 11 is 0. The highest BCUT2D eigenvalue weighted by molar-refractivity contribution is 5.79. The van der Waals surface area contributed by atoms with Gasteiger partial charge in [-0.05, 0) is 19.3 Å². The van der Waals surface area contributed by atoms with E-state index < -0.39 is 0 Å². The molecule has 16 heavy (non-hydrogen) atoms. The van der Waals surface area contributed by atoms with Gasteiger partial charge in [0.15, 0.2) is 5.96 Å². The van der Waals surface area contributed by atoms with Gasteiger partial charge < -0.3 is 10.6 Å². The quantitative estimate of drug-likeness (QED) is 0.288. The van der Waals surface area contributed by atoms with E-state index in [2.05, 4.69) is 43.0 Å². The van der Waals surface area contributed by atoms with Gasteiger partial charge in [-0.3, -0.25) is 4.99 Å². The topological polar surface area (TPSA) is 36.4 Å². The Morgan fingerprint density at radius 3 is 2.62 bits per heavy atom. The van der Waals surface area contributed by atoms with Crippen LogP contribution in [0.15, 0.2) is 17.6 Å². The Labute approximate surface area is 100 Å². The highest BCUT2D eigenvalue weighted by atomic mass is 15.2. The van der Waals surface area contributed by atoms with Gasteiger partial charge in [0.1, 0.15) is 0 Å². The lowest BCUT2D eigenvalue weighted by atomic mass is 10.1. The fourth-order valence-corrected chi connectivity index (χ4v) is 1.37. The number of aliphatic imine (C=N–C) groups is 1. The van der Waals surface area contributed by atoms with Gasteiger partial charge in [-0.25, -0.2) is 0 Å². The third kappa shape index (κ3) is 9.56. The van der Waals surface area contributed by atoms with Crippen LogP contribution in [0.3, 0.4) is 0 Å². The van der Waals surface area contributed by atoms with Gasteiger partial charge in [-0.1, -0.05) is 32.8 Å². The first-order valence-corrected chi connectivity index (χ1v) is 6.33. The Hall–Kier alpha value is -0.990. The van der Waals surface area contributed by atoms with Crippen molar-refractivity contribution in [3.63, 3.8) is 0 Å². The van der Waals surface area contributed by atoms with Crippen LogP contribution in [0.25, 0.3) is 0 Å². The molecular formula is C13H27N3. The molecule has 0 aliphatic rings. The van der Waals surface area contributed by atoms with Gasteiger partial charge in [0.05, 0.1) is 0 Å². The van der Waals surface area contributed by atoms with Crippen LogP contribution in [-0.2, 0) is 0 Å². The molecule has 0 spiro atoms. The number of hydrogen-bond donors (Lipinski definition) is 2. The van der Waals surface area contributed by atoms with Crippen molar-refractivity contribution in [1.29, 1.82) is 0 Å². The summed E-state index contributed by atoms with van der Waals surface area (Å²) in [5.41, 5.74) is 0. The highest BCUT2D eigenvalue weighted by Crippen LogP contribution is 2.05. The summed E-state index contributed by atoms with van der Waals surface area (Å²) in [7, 11) is 0. The van der Waals surface area contributed by atoms with Crippen LogP contribution < -0.4 is 10.6 Å².